The van der Waals surface area contributed by atoms with Gasteiger partial charge in [0.1, 0.15) is 39.6 Å². The van der Waals surface area contributed by atoms with Crippen molar-refractivity contribution >= 4 is 59.0 Å². The molecule has 0 saturated carbocycles. The highest BCUT2D eigenvalue weighted by atomic mass is 32.2. The monoisotopic (exact) mass is 656 g/mol. The summed E-state index contributed by atoms with van der Waals surface area (Å²) in [6.07, 6.45) is 2.58. The van der Waals surface area contributed by atoms with Crippen LogP contribution in [0.15, 0.2) is 57.7 Å². The van der Waals surface area contributed by atoms with Gasteiger partial charge < -0.3 is 26.6 Å². The number of hydrogen-bond donors (Lipinski definition) is 7. The molecule has 3 aromatic rings. The number of H-pyrrole nitrogens is 2. The van der Waals surface area contributed by atoms with Crippen LogP contribution in [-0.4, -0.2) is 93.3 Å². The molecule has 8 N–H and O–H groups in total. The van der Waals surface area contributed by atoms with E-state index < -0.39 is 46.8 Å². The molecule has 1 saturated heterocycles. The lowest BCUT2D eigenvalue weighted by atomic mass is 10.00. The molecule has 4 heterocycles. The van der Waals surface area contributed by atoms with Gasteiger partial charge in [0.2, 0.25) is 11.9 Å². The van der Waals surface area contributed by atoms with Gasteiger partial charge in [-0.3, -0.25) is 29.2 Å². The Hall–Kier alpha value is -5.04. The number of rotatable bonds is 11. The van der Waals surface area contributed by atoms with Crippen molar-refractivity contribution in [1.82, 2.24) is 35.6 Å². The first kappa shape index (κ1) is 31.4. The predicted molar refractivity (Wildman–Crippen MR) is 163 cm³/mol. The Labute approximate surface area is 263 Å². The minimum atomic E-state index is -1.57. The summed E-state index contributed by atoms with van der Waals surface area (Å²) in [7, 11) is 0. The quantitative estimate of drug-likeness (QED) is 0.110. The Morgan fingerprint density at radius 1 is 1.22 bits per heavy atom. The number of hydrogen-bond acceptors (Lipinski definition) is 12. The standard InChI is InChI=1S/C26H28N10O7S2/c1-11(2)30-26-28-7-15(20(38)32-26)35(25(27)43)18(12-3-5-14(37)6-4-12)21(39)31-17-22(40)36-19(24(41)42)13(10-45-23(17)36)9-44-16-8-29-34-33-16/h3-8,11,17-18,23,37H,9-10H2,1-2H3,(H2,27,43)(H,31,39)(H,41,42)(H,29,33,34)(H2,28,30,32,38)/t17?,18?,23-/m1/s1. The lowest BCUT2D eigenvalue weighted by Gasteiger charge is -2.49. The molecule has 0 spiro atoms. The third-order valence-electron chi connectivity index (χ3n) is 6.75. The highest BCUT2D eigenvalue weighted by Crippen LogP contribution is 2.42. The van der Waals surface area contributed by atoms with Gasteiger partial charge in [0, 0.05) is 17.5 Å². The van der Waals surface area contributed by atoms with Crippen LogP contribution in [0.4, 0.5) is 16.4 Å². The average Bonchev–Trinajstić information content (AvgIpc) is 3.51. The van der Waals surface area contributed by atoms with Crippen molar-refractivity contribution in [3.63, 3.8) is 0 Å². The molecule has 0 radical (unpaired) electrons. The Kier molecular flexibility index (Phi) is 9.00. The molecule has 3 atom stereocenters. The molecule has 4 amide bonds. The molecule has 2 unspecified atom stereocenters. The van der Waals surface area contributed by atoms with Gasteiger partial charge in [0.25, 0.3) is 11.5 Å². The van der Waals surface area contributed by atoms with Crippen molar-refractivity contribution in [2.75, 3.05) is 21.7 Å². The SMILES string of the molecule is CC(C)Nc1ncc(N(C(N)=O)C(C(=O)NC2C(=O)N3C(C(=O)O)=C(CSc4cn[nH]n4)CS[C@H]23)c2ccc(O)cc2)c(=O)[nH]1. The molecule has 0 aliphatic carbocycles. The Morgan fingerprint density at radius 3 is 2.56 bits per heavy atom. The predicted octanol–water partition coefficient (Wildman–Crippen LogP) is 0.571. The first-order valence-corrected chi connectivity index (χ1v) is 15.4. The average molecular weight is 657 g/mol. The molecule has 2 aromatic heterocycles. The number of urea groups is 1. The third-order valence-corrected chi connectivity index (χ3v) is 9.08. The van der Waals surface area contributed by atoms with E-state index in [9.17, 15) is 34.2 Å². The maximum atomic E-state index is 13.9. The normalized spacial score (nSPS) is 18.2. The van der Waals surface area contributed by atoms with E-state index in [4.69, 9.17) is 5.73 Å². The first-order valence-electron chi connectivity index (χ1n) is 13.4. The number of nitrogens with one attached hydrogen (secondary N) is 4. The maximum absolute atomic E-state index is 13.9. The van der Waals surface area contributed by atoms with Crippen molar-refractivity contribution in [3.8, 4) is 5.75 Å². The number of aliphatic carboxylic acids is 1. The van der Waals surface area contributed by atoms with E-state index in [1.807, 2.05) is 13.8 Å². The molecule has 2 aliphatic heterocycles. The second-order valence-corrected chi connectivity index (χ2v) is 12.3. The molecular weight excluding hydrogens is 628 g/mol. The van der Waals surface area contributed by atoms with E-state index in [0.29, 0.717) is 10.6 Å². The van der Waals surface area contributed by atoms with E-state index in [-0.39, 0.29) is 46.2 Å². The third kappa shape index (κ3) is 6.43. The van der Waals surface area contributed by atoms with E-state index in [0.717, 1.165) is 16.0 Å². The number of fused-ring (bicyclic) bond motifs is 1. The molecule has 17 nitrogen and oxygen atoms in total. The number of carboxylic acids is 1. The summed E-state index contributed by atoms with van der Waals surface area (Å²) in [5.41, 5.74) is 5.07. The van der Waals surface area contributed by atoms with Crippen molar-refractivity contribution < 1.29 is 29.4 Å². The minimum Gasteiger partial charge on any atom is -0.508 e. The van der Waals surface area contributed by atoms with Gasteiger partial charge in [-0.1, -0.05) is 23.9 Å². The number of phenols is 1. The lowest BCUT2D eigenvalue weighted by Crippen LogP contribution is -2.71. The number of thioether (sulfide) groups is 2. The number of phenolic OH excluding ortho intramolecular Hbond substituents is 1. The number of aromatic nitrogens is 5. The minimum absolute atomic E-state index is 0.0706. The van der Waals surface area contributed by atoms with Crippen molar-refractivity contribution in [1.29, 1.82) is 0 Å². The van der Waals surface area contributed by atoms with Crippen LogP contribution >= 0.6 is 23.5 Å². The molecule has 2 aliphatic rings. The van der Waals surface area contributed by atoms with Crippen LogP contribution in [0.25, 0.3) is 0 Å². The Balaban J connectivity index is 1.43. The summed E-state index contributed by atoms with van der Waals surface area (Å²) >= 11 is 2.52. The highest BCUT2D eigenvalue weighted by molar-refractivity contribution is 8.01. The van der Waals surface area contributed by atoms with E-state index in [1.54, 1.807) is 0 Å². The van der Waals surface area contributed by atoms with E-state index >= 15 is 0 Å². The van der Waals surface area contributed by atoms with Crippen LogP contribution in [0.1, 0.15) is 25.5 Å². The molecule has 45 heavy (non-hydrogen) atoms. The largest absolute Gasteiger partial charge is 0.508 e. The summed E-state index contributed by atoms with van der Waals surface area (Å²) in [5.74, 6) is -2.32. The van der Waals surface area contributed by atoms with Crippen LogP contribution in [0.5, 0.6) is 5.75 Å². The van der Waals surface area contributed by atoms with Crippen molar-refractivity contribution in [2.24, 2.45) is 5.73 Å². The zero-order valence-electron chi connectivity index (χ0n) is 23.8. The Morgan fingerprint density at radius 2 is 1.96 bits per heavy atom. The number of aromatic hydroxyl groups is 1. The number of carboxylic acid groups (broad SMARTS) is 1. The number of aromatic amines is 2. The first-order chi connectivity index (χ1) is 21.5. The van der Waals surface area contributed by atoms with Gasteiger partial charge in [0.05, 0.1) is 12.4 Å². The number of carbonyl (C=O) groups is 4. The van der Waals surface area contributed by atoms with Gasteiger partial charge in [-0.25, -0.2) is 14.6 Å². The van der Waals surface area contributed by atoms with Gasteiger partial charge in [0.15, 0.2) is 0 Å². The van der Waals surface area contributed by atoms with E-state index in [2.05, 4.69) is 36.0 Å². The zero-order chi connectivity index (χ0) is 32.4. The van der Waals surface area contributed by atoms with Crippen molar-refractivity contribution in [2.45, 2.75) is 42.4 Å². The fourth-order valence-corrected chi connectivity index (χ4v) is 7.08. The summed E-state index contributed by atoms with van der Waals surface area (Å²) in [5, 5.41) is 35.3. The summed E-state index contributed by atoms with van der Waals surface area (Å²) in [4.78, 5) is 73.9. The van der Waals surface area contributed by atoms with Crippen LogP contribution < -0.4 is 26.8 Å². The van der Waals surface area contributed by atoms with Crippen LogP contribution in [0.3, 0.4) is 0 Å². The molecule has 5 rings (SSSR count). The zero-order valence-corrected chi connectivity index (χ0v) is 25.4. The van der Waals surface area contributed by atoms with Crippen LogP contribution in [0.2, 0.25) is 0 Å². The number of nitrogens with zero attached hydrogens (tertiary/aromatic N) is 5. The number of primary amides is 1. The summed E-state index contributed by atoms with van der Waals surface area (Å²) < 4.78 is 0. The van der Waals surface area contributed by atoms with Crippen LogP contribution in [0, 0.1) is 0 Å². The molecule has 1 fully saturated rings. The number of anilines is 2. The number of carbonyl (C=O) groups excluding carboxylic acids is 3. The molecule has 236 valence electrons. The fourth-order valence-electron chi connectivity index (χ4n) is 4.81. The van der Waals surface area contributed by atoms with Crippen molar-refractivity contribution in [3.05, 3.63) is 63.8 Å². The van der Waals surface area contributed by atoms with E-state index in [1.165, 1.54) is 54.0 Å². The maximum Gasteiger partial charge on any atom is 0.352 e. The second kappa shape index (κ2) is 12.9. The van der Waals surface area contributed by atoms with Gasteiger partial charge in [-0.05, 0) is 37.1 Å². The smallest absolute Gasteiger partial charge is 0.352 e. The number of benzene rings is 1. The number of β-lactam (4-membered cyclic amide) rings is 1. The molecule has 1 aromatic carbocycles. The Bertz CT molecular complexity index is 1710. The lowest BCUT2D eigenvalue weighted by molar-refractivity contribution is -0.150. The fraction of sp³-hybridized carbons (Fsp3) is 0.308. The summed E-state index contributed by atoms with van der Waals surface area (Å²) in [6.45, 7) is 3.66. The molecule has 0 bridgehead atoms. The topological polar surface area (TPSA) is 253 Å². The van der Waals surface area contributed by atoms with Gasteiger partial charge >= 0.3 is 12.0 Å². The highest BCUT2D eigenvalue weighted by Gasteiger charge is 2.54. The molecule has 19 heteroatoms. The van der Waals surface area contributed by atoms with Gasteiger partial charge in [-0.15, -0.1) is 16.9 Å². The van der Waals surface area contributed by atoms with Crippen LogP contribution in [-0.2, 0) is 14.4 Å². The molecular formula is C26H28N10O7S2. The summed E-state index contributed by atoms with van der Waals surface area (Å²) in [6, 6.07) is 1.32. The number of nitrogens with two attached hydrogens (primary N) is 1. The number of amides is 4. The second-order valence-electron chi connectivity index (χ2n) is 10.2. The van der Waals surface area contributed by atoms with Gasteiger partial charge in [-0.2, -0.15) is 10.3 Å².